The summed E-state index contributed by atoms with van der Waals surface area (Å²) in [6.07, 6.45) is 1.07. The van der Waals surface area contributed by atoms with Gasteiger partial charge in [0.1, 0.15) is 0 Å². The number of benzene rings is 1. The lowest BCUT2D eigenvalue weighted by atomic mass is 9.97. The van der Waals surface area contributed by atoms with Crippen LogP contribution in [0.4, 0.5) is 5.69 Å². The van der Waals surface area contributed by atoms with Gasteiger partial charge in [-0.3, -0.25) is 0 Å². The van der Waals surface area contributed by atoms with Gasteiger partial charge in [0.05, 0.1) is 0 Å². The molecule has 0 aliphatic rings. The summed E-state index contributed by atoms with van der Waals surface area (Å²) in [5.74, 6) is 0. The molecule has 0 spiro atoms. The molecule has 0 saturated heterocycles. The zero-order chi connectivity index (χ0) is 9.30. The van der Waals surface area contributed by atoms with E-state index in [2.05, 4.69) is 33.8 Å². The fourth-order valence-electron chi connectivity index (χ4n) is 1.51. The molecule has 1 nitrogen and oxygen atoms in total. The Morgan fingerprint density at radius 3 is 2.25 bits per heavy atom. The van der Waals surface area contributed by atoms with Crippen molar-refractivity contribution in [1.82, 2.24) is 0 Å². The van der Waals surface area contributed by atoms with Gasteiger partial charge in [0.15, 0.2) is 0 Å². The van der Waals surface area contributed by atoms with Crippen LogP contribution in [0.5, 0.6) is 0 Å². The maximum Gasteiger partial charge on any atom is 0.0378 e. The summed E-state index contributed by atoms with van der Waals surface area (Å²) in [4.78, 5) is 0. The van der Waals surface area contributed by atoms with E-state index in [1.54, 1.807) is 0 Å². The predicted molar refractivity (Wildman–Crippen MR) is 54.4 cm³/mol. The van der Waals surface area contributed by atoms with Crippen LogP contribution >= 0.6 is 0 Å². The number of hydrogen-bond donors (Lipinski definition) is 1. The Balaban J connectivity index is 3.39. The number of aryl methyl sites for hydroxylation is 2. The van der Waals surface area contributed by atoms with Gasteiger partial charge in [0.2, 0.25) is 0 Å². The molecule has 0 aromatic heterocycles. The van der Waals surface area contributed by atoms with Crippen LogP contribution < -0.4 is 5.73 Å². The Morgan fingerprint density at radius 2 is 1.75 bits per heavy atom. The molecule has 1 rings (SSSR count). The third-order valence-electron chi connectivity index (χ3n) is 2.65. The molecule has 0 amide bonds. The van der Waals surface area contributed by atoms with Gasteiger partial charge in [-0.1, -0.05) is 13.0 Å². The van der Waals surface area contributed by atoms with Gasteiger partial charge in [-0.05, 0) is 49.4 Å². The molecule has 0 aliphatic carbocycles. The van der Waals surface area contributed by atoms with Crippen molar-refractivity contribution in [2.75, 3.05) is 5.73 Å². The summed E-state index contributed by atoms with van der Waals surface area (Å²) < 4.78 is 0. The SMILES string of the molecule is CCc1cc(C)c(C)c(N)c1C. The van der Waals surface area contributed by atoms with Crippen molar-refractivity contribution in [2.45, 2.75) is 34.1 Å². The Labute approximate surface area is 74.6 Å². The van der Waals surface area contributed by atoms with E-state index in [1.165, 1.54) is 22.3 Å². The van der Waals surface area contributed by atoms with E-state index in [1.807, 2.05) is 0 Å². The topological polar surface area (TPSA) is 26.0 Å². The van der Waals surface area contributed by atoms with E-state index in [0.717, 1.165) is 12.1 Å². The second-order valence-electron chi connectivity index (χ2n) is 3.37. The minimum Gasteiger partial charge on any atom is -0.398 e. The van der Waals surface area contributed by atoms with Crippen LogP contribution in [-0.2, 0) is 6.42 Å². The van der Waals surface area contributed by atoms with Gasteiger partial charge in [0.25, 0.3) is 0 Å². The van der Waals surface area contributed by atoms with Crippen molar-refractivity contribution in [3.63, 3.8) is 0 Å². The highest BCUT2D eigenvalue weighted by molar-refractivity contribution is 5.58. The van der Waals surface area contributed by atoms with Gasteiger partial charge in [-0.25, -0.2) is 0 Å². The van der Waals surface area contributed by atoms with E-state index < -0.39 is 0 Å². The Hall–Kier alpha value is -0.980. The number of hydrogen-bond acceptors (Lipinski definition) is 1. The van der Waals surface area contributed by atoms with E-state index in [9.17, 15) is 0 Å². The van der Waals surface area contributed by atoms with Crippen LogP contribution in [0.15, 0.2) is 6.07 Å². The first-order valence-corrected chi connectivity index (χ1v) is 4.43. The third-order valence-corrected chi connectivity index (χ3v) is 2.65. The van der Waals surface area contributed by atoms with Crippen LogP contribution in [0, 0.1) is 20.8 Å². The summed E-state index contributed by atoms with van der Waals surface area (Å²) in [5.41, 5.74) is 12.1. The van der Waals surface area contributed by atoms with E-state index in [-0.39, 0.29) is 0 Å². The lowest BCUT2D eigenvalue weighted by Gasteiger charge is -2.12. The average molecular weight is 163 g/mol. The second kappa shape index (κ2) is 3.18. The molecule has 1 aromatic rings. The lowest BCUT2D eigenvalue weighted by Crippen LogP contribution is -2.00. The van der Waals surface area contributed by atoms with Crippen LogP contribution in [0.1, 0.15) is 29.2 Å². The van der Waals surface area contributed by atoms with Crippen molar-refractivity contribution < 1.29 is 0 Å². The molecular formula is C11H17N. The Kier molecular flexibility index (Phi) is 2.41. The first kappa shape index (κ1) is 9.11. The first-order valence-electron chi connectivity index (χ1n) is 4.43. The minimum absolute atomic E-state index is 0.965. The monoisotopic (exact) mass is 163 g/mol. The van der Waals surface area contributed by atoms with Crippen molar-refractivity contribution in [3.8, 4) is 0 Å². The summed E-state index contributed by atoms with van der Waals surface area (Å²) >= 11 is 0. The molecule has 0 bridgehead atoms. The van der Waals surface area contributed by atoms with Crippen molar-refractivity contribution in [2.24, 2.45) is 0 Å². The number of rotatable bonds is 1. The van der Waals surface area contributed by atoms with E-state index in [4.69, 9.17) is 5.73 Å². The maximum atomic E-state index is 5.96. The van der Waals surface area contributed by atoms with Crippen molar-refractivity contribution >= 4 is 5.69 Å². The summed E-state index contributed by atoms with van der Waals surface area (Å²) in [5, 5.41) is 0. The fraction of sp³-hybridized carbons (Fsp3) is 0.455. The van der Waals surface area contributed by atoms with E-state index in [0.29, 0.717) is 0 Å². The highest BCUT2D eigenvalue weighted by Gasteiger charge is 2.05. The largest absolute Gasteiger partial charge is 0.398 e. The molecule has 1 heteroatoms. The zero-order valence-corrected chi connectivity index (χ0v) is 8.36. The van der Waals surface area contributed by atoms with Gasteiger partial charge < -0.3 is 5.73 Å². The lowest BCUT2D eigenvalue weighted by molar-refractivity contribution is 1.09. The summed E-state index contributed by atoms with van der Waals surface area (Å²) in [6.45, 7) is 8.46. The van der Waals surface area contributed by atoms with Crippen molar-refractivity contribution in [1.29, 1.82) is 0 Å². The molecule has 0 heterocycles. The molecule has 2 N–H and O–H groups in total. The highest BCUT2D eigenvalue weighted by Crippen LogP contribution is 2.24. The average Bonchev–Trinajstić information content (AvgIpc) is 2.08. The molecule has 0 fully saturated rings. The maximum absolute atomic E-state index is 5.96. The molecule has 0 atom stereocenters. The molecule has 0 saturated carbocycles. The van der Waals surface area contributed by atoms with Gasteiger partial charge >= 0.3 is 0 Å². The minimum atomic E-state index is 0.965. The van der Waals surface area contributed by atoms with Gasteiger partial charge in [-0.2, -0.15) is 0 Å². The van der Waals surface area contributed by atoms with Gasteiger partial charge in [-0.15, -0.1) is 0 Å². The Bertz CT molecular complexity index is 300. The second-order valence-corrected chi connectivity index (χ2v) is 3.37. The normalized spacial score (nSPS) is 10.3. The number of nitrogen functional groups attached to an aromatic ring is 1. The summed E-state index contributed by atoms with van der Waals surface area (Å²) in [7, 11) is 0. The molecule has 12 heavy (non-hydrogen) atoms. The fourth-order valence-corrected chi connectivity index (χ4v) is 1.51. The molecular weight excluding hydrogens is 146 g/mol. The Morgan fingerprint density at radius 1 is 1.17 bits per heavy atom. The molecule has 0 radical (unpaired) electrons. The van der Waals surface area contributed by atoms with E-state index >= 15 is 0 Å². The zero-order valence-electron chi connectivity index (χ0n) is 8.36. The first-order chi connectivity index (χ1) is 5.57. The van der Waals surface area contributed by atoms with Crippen LogP contribution in [0.25, 0.3) is 0 Å². The van der Waals surface area contributed by atoms with Crippen LogP contribution in [0.2, 0.25) is 0 Å². The number of nitrogens with two attached hydrogens (primary N) is 1. The predicted octanol–water partition coefficient (Wildman–Crippen LogP) is 2.76. The van der Waals surface area contributed by atoms with Crippen molar-refractivity contribution in [3.05, 3.63) is 28.3 Å². The van der Waals surface area contributed by atoms with Crippen LogP contribution in [-0.4, -0.2) is 0 Å². The third kappa shape index (κ3) is 1.31. The number of anilines is 1. The molecule has 66 valence electrons. The standard InChI is InChI=1S/C11H17N/c1-5-10-6-7(2)8(3)11(12)9(10)4/h6H,5,12H2,1-4H3. The van der Waals surface area contributed by atoms with Gasteiger partial charge in [0, 0.05) is 5.69 Å². The quantitative estimate of drug-likeness (QED) is 0.633. The molecule has 0 unspecified atom stereocenters. The molecule has 1 aromatic carbocycles. The van der Waals surface area contributed by atoms with Crippen LogP contribution in [0.3, 0.4) is 0 Å². The summed E-state index contributed by atoms with van der Waals surface area (Å²) in [6, 6.07) is 2.24. The smallest absolute Gasteiger partial charge is 0.0378 e. The molecule has 0 aliphatic heterocycles. The highest BCUT2D eigenvalue weighted by atomic mass is 14.6.